The summed E-state index contributed by atoms with van der Waals surface area (Å²) in [5.41, 5.74) is 1.65. The number of ketones is 1. The van der Waals surface area contributed by atoms with Crippen molar-refractivity contribution in [1.82, 2.24) is 0 Å². The van der Waals surface area contributed by atoms with Gasteiger partial charge in [0.25, 0.3) is 0 Å². The highest BCUT2D eigenvalue weighted by molar-refractivity contribution is 9.10. The van der Waals surface area contributed by atoms with E-state index < -0.39 is 0 Å². The van der Waals surface area contributed by atoms with E-state index in [-0.39, 0.29) is 5.78 Å². The van der Waals surface area contributed by atoms with Gasteiger partial charge in [-0.25, -0.2) is 0 Å². The van der Waals surface area contributed by atoms with Crippen LogP contribution >= 0.6 is 15.9 Å². The fraction of sp³-hybridized carbons (Fsp3) is 0.300. The van der Waals surface area contributed by atoms with E-state index in [4.69, 9.17) is 4.74 Å². The van der Waals surface area contributed by atoms with Crippen LogP contribution in [0.5, 0.6) is 0 Å². The Kier molecular flexibility index (Phi) is 3.63. The molecule has 1 aromatic rings. The first-order valence-electron chi connectivity index (χ1n) is 3.93. The standard InChI is InChI=1S/C10H11BrO2/c1-7(12)10-4-3-9(11)5-8(10)6-13-2/h3-5H,6H2,1-2H3. The van der Waals surface area contributed by atoms with Gasteiger partial charge in [-0.05, 0) is 30.7 Å². The first-order valence-corrected chi connectivity index (χ1v) is 4.72. The maximum absolute atomic E-state index is 11.2. The van der Waals surface area contributed by atoms with E-state index in [1.165, 1.54) is 0 Å². The fourth-order valence-electron chi connectivity index (χ4n) is 1.18. The van der Waals surface area contributed by atoms with Crippen LogP contribution in [0.4, 0.5) is 0 Å². The van der Waals surface area contributed by atoms with Gasteiger partial charge in [-0.3, -0.25) is 4.79 Å². The van der Waals surface area contributed by atoms with Crippen LogP contribution in [0, 0.1) is 0 Å². The molecule has 0 aliphatic rings. The lowest BCUT2D eigenvalue weighted by molar-refractivity contribution is 0.101. The van der Waals surface area contributed by atoms with E-state index in [2.05, 4.69) is 15.9 Å². The van der Waals surface area contributed by atoms with Crippen LogP contribution in [0.3, 0.4) is 0 Å². The minimum Gasteiger partial charge on any atom is -0.380 e. The van der Waals surface area contributed by atoms with Crippen LogP contribution < -0.4 is 0 Å². The highest BCUT2D eigenvalue weighted by Crippen LogP contribution is 2.17. The topological polar surface area (TPSA) is 26.3 Å². The van der Waals surface area contributed by atoms with Gasteiger partial charge in [0.2, 0.25) is 0 Å². The zero-order chi connectivity index (χ0) is 9.84. The lowest BCUT2D eigenvalue weighted by Gasteiger charge is -2.05. The van der Waals surface area contributed by atoms with Gasteiger partial charge in [-0.2, -0.15) is 0 Å². The number of halogens is 1. The fourth-order valence-corrected chi connectivity index (χ4v) is 1.59. The zero-order valence-electron chi connectivity index (χ0n) is 7.63. The normalized spacial score (nSPS) is 10.1. The van der Waals surface area contributed by atoms with Crippen LogP contribution in [0.25, 0.3) is 0 Å². The van der Waals surface area contributed by atoms with E-state index in [9.17, 15) is 4.79 Å². The van der Waals surface area contributed by atoms with Crippen molar-refractivity contribution in [3.8, 4) is 0 Å². The molecule has 0 fully saturated rings. The summed E-state index contributed by atoms with van der Waals surface area (Å²) in [6.07, 6.45) is 0. The maximum atomic E-state index is 11.2. The number of Topliss-reactive ketones (excluding diaryl/α,β-unsaturated/α-hetero) is 1. The molecule has 3 heteroatoms. The first-order chi connectivity index (χ1) is 6.15. The van der Waals surface area contributed by atoms with E-state index in [1.807, 2.05) is 12.1 Å². The third kappa shape index (κ3) is 2.64. The van der Waals surface area contributed by atoms with E-state index in [1.54, 1.807) is 20.1 Å². The molecule has 0 aromatic heterocycles. The van der Waals surface area contributed by atoms with Gasteiger partial charge in [0.15, 0.2) is 5.78 Å². The van der Waals surface area contributed by atoms with Crippen molar-refractivity contribution in [2.75, 3.05) is 7.11 Å². The number of benzene rings is 1. The van der Waals surface area contributed by atoms with Crippen molar-refractivity contribution in [3.05, 3.63) is 33.8 Å². The van der Waals surface area contributed by atoms with Crippen molar-refractivity contribution in [3.63, 3.8) is 0 Å². The summed E-state index contributed by atoms with van der Waals surface area (Å²) < 4.78 is 5.96. The van der Waals surface area contributed by atoms with Crippen molar-refractivity contribution < 1.29 is 9.53 Å². The second-order valence-electron chi connectivity index (χ2n) is 2.79. The summed E-state index contributed by atoms with van der Waals surface area (Å²) in [4.78, 5) is 11.2. The van der Waals surface area contributed by atoms with Gasteiger partial charge in [0, 0.05) is 17.1 Å². The molecule has 0 aliphatic carbocycles. The Bertz CT molecular complexity index is 321. The molecule has 0 saturated heterocycles. The molecule has 0 heterocycles. The number of carbonyl (C=O) groups is 1. The molecule has 0 bridgehead atoms. The molecule has 0 aliphatic heterocycles. The quantitative estimate of drug-likeness (QED) is 0.763. The number of hydrogen-bond donors (Lipinski definition) is 0. The van der Waals surface area contributed by atoms with E-state index in [0.29, 0.717) is 6.61 Å². The van der Waals surface area contributed by atoms with Gasteiger partial charge in [0.1, 0.15) is 0 Å². The number of hydrogen-bond acceptors (Lipinski definition) is 2. The summed E-state index contributed by atoms with van der Waals surface area (Å²) in [6.45, 7) is 2.02. The number of carbonyl (C=O) groups excluding carboxylic acids is 1. The third-order valence-corrected chi connectivity index (χ3v) is 2.24. The van der Waals surface area contributed by atoms with E-state index >= 15 is 0 Å². The number of ether oxygens (including phenoxy) is 1. The van der Waals surface area contributed by atoms with Gasteiger partial charge in [-0.1, -0.05) is 15.9 Å². The molecule has 0 amide bonds. The number of methoxy groups -OCH3 is 1. The molecular formula is C10H11BrO2. The Hall–Kier alpha value is -0.670. The minimum atomic E-state index is 0.0690. The average Bonchev–Trinajstić information content (AvgIpc) is 2.04. The molecule has 13 heavy (non-hydrogen) atoms. The Balaban J connectivity index is 3.10. The molecule has 0 spiro atoms. The average molecular weight is 243 g/mol. The predicted molar refractivity (Wildman–Crippen MR) is 54.9 cm³/mol. The molecule has 0 unspecified atom stereocenters. The van der Waals surface area contributed by atoms with Crippen LogP contribution in [0.1, 0.15) is 22.8 Å². The molecule has 70 valence electrons. The Morgan fingerprint density at radius 3 is 2.77 bits per heavy atom. The molecule has 0 atom stereocenters. The lowest BCUT2D eigenvalue weighted by atomic mass is 10.1. The molecular weight excluding hydrogens is 232 g/mol. The third-order valence-electron chi connectivity index (χ3n) is 1.75. The lowest BCUT2D eigenvalue weighted by Crippen LogP contribution is -2.00. The molecule has 1 rings (SSSR count). The first kappa shape index (κ1) is 10.4. The summed E-state index contributed by atoms with van der Waals surface area (Å²) in [6, 6.07) is 5.57. The largest absolute Gasteiger partial charge is 0.380 e. The van der Waals surface area contributed by atoms with Crippen LogP contribution in [0.15, 0.2) is 22.7 Å². The van der Waals surface area contributed by atoms with Crippen molar-refractivity contribution >= 4 is 21.7 Å². The molecule has 1 aromatic carbocycles. The van der Waals surface area contributed by atoms with Crippen LogP contribution in [-0.2, 0) is 11.3 Å². The maximum Gasteiger partial charge on any atom is 0.160 e. The van der Waals surface area contributed by atoms with Crippen molar-refractivity contribution in [2.24, 2.45) is 0 Å². The van der Waals surface area contributed by atoms with Crippen LogP contribution in [0.2, 0.25) is 0 Å². The Morgan fingerprint density at radius 1 is 1.54 bits per heavy atom. The molecule has 2 nitrogen and oxygen atoms in total. The van der Waals surface area contributed by atoms with Gasteiger partial charge in [0.05, 0.1) is 6.61 Å². The smallest absolute Gasteiger partial charge is 0.160 e. The summed E-state index contributed by atoms with van der Waals surface area (Å²) >= 11 is 3.35. The summed E-state index contributed by atoms with van der Waals surface area (Å²) in [7, 11) is 1.62. The molecule has 0 radical (unpaired) electrons. The minimum absolute atomic E-state index is 0.0690. The highest BCUT2D eigenvalue weighted by Gasteiger charge is 2.06. The summed E-state index contributed by atoms with van der Waals surface area (Å²) in [5.74, 6) is 0.0690. The Morgan fingerprint density at radius 2 is 2.23 bits per heavy atom. The monoisotopic (exact) mass is 242 g/mol. The van der Waals surface area contributed by atoms with Gasteiger partial charge in [-0.15, -0.1) is 0 Å². The molecule has 0 saturated carbocycles. The van der Waals surface area contributed by atoms with Crippen molar-refractivity contribution in [1.29, 1.82) is 0 Å². The zero-order valence-corrected chi connectivity index (χ0v) is 9.22. The second kappa shape index (κ2) is 4.53. The van der Waals surface area contributed by atoms with Crippen molar-refractivity contribution in [2.45, 2.75) is 13.5 Å². The SMILES string of the molecule is COCc1cc(Br)ccc1C(C)=O. The van der Waals surface area contributed by atoms with Crippen LogP contribution in [-0.4, -0.2) is 12.9 Å². The number of rotatable bonds is 3. The Labute approximate surface area is 86.0 Å². The second-order valence-corrected chi connectivity index (χ2v) is 3.71. The highest BCUT2D eigenvalue weighted by atomic mass is 79.9. The van der Waals surface area contributed by atoms with E-state index in [0.717, 1.165) is 15.6 Å². The summed E-state index contributed by atoms with van der Waals surface area (Å²) in [5, 5.41) is 0. The predicted octanol–water partition coefficient (Wildman–Crippen LogP) is 2.80. The van der Waals surface area contributed by atoms with Gasteiger partial charge >= 0.3 is 0 Å². The molecule has 0 N–H and O–H groups in total. The van der Waals surface area contributed by atoms with Gasteiger partial charge < -0.3 is 4.74 Å².